The molecule has 6 nitrogen and oxygen atoms in total. The highest BCUT2D eigenvalue weighted by molar-refractivity contribution is 7.92. The van der Waals surface area contributed by atoms with Crippen molar-refractivity contribution in [2.24, 2.45) is 0 Å². The third-order valence-corrected chi connectivity index (χ3v) is 4.31. The van der Waals surface area contributed by atoms with Gasteiger partial charge in [0.2, 0.25) is 5.95 Å². The summed E-state index contributed by atoms with van der Waals surface area (Å²) in [7, 11) is -2.28. The molecule has 2 aromatic rings. The third-order valence-electron chi connectivity index (χ3n) is 2.47. The molecule has 96 valence electrons. The Bertz CT molecular complexity index is 649. The van der Waals surface area contributed by atoms with Gasteiger partial charge in [-0.25, -0.2) is 22.7 Å². The lowest BCUT2D eigenvalue weighted by Crippen LogP contribution is -2.28. The lowest BCUT2D eigenvalue weighted by Gasteiger charge is -2.16. The molecule has 0 N–H and O–H groups in total. The Labute approximate surface area is 105 Å². The highest BCUT2D eigenvalue weighted by Gasteiger charge is 2.27. The number of aromatic nitrogens is 2. The molecule has 2 heterocycles. The van der Waals surface area contributed by atoms with E-state index in [9.17, 15) is 8.42 Å². The first-order valence-electron chi connectivity index (χ1n) is 5.26. The van der Waals surface area contributed by atoms with Crippen LogP contribution in [0.4, 0.5) is 5.95 Å². The fraction of sp³-hybridized carbons (Fsp3) is 0.273. The molecule has 7 heteroatoms. The first-order valence-corrected chi connectivity index (χ1v) is 6.70. The maximum Gasteiger partial charge on any atom is 0.269 e. The molecule has 0 aromatic carbocycles. The zero-order valence-electron chi connectivity index (χ0n) is 10.3. The predicted octanol–water partition coefficient (Wildman–Crippen LogP) is 1.51. The van der Waals surface area contributed by atoms with Gasteiger partial charge in [0.1, 0.15) is 16.4 Å². The second kappa shape index (κ2) is 4.41. The van der Waals surface area contributed by atoms with E-state index in [1.54, 1.807) is 19.9 Å². The Hall–Kier alpha value is -1.89. The van der Waals surface area contributed by atoms with Crippen LogP contribution in [-0.2, 0) is 10.0 Å². The van der Waals surface area contributed by atoms with E-state index in [1.807, 2.05) is 0 Å². The van der Waals surface area contributed by atoms with Gasteiger partial charge in [0.05, 0.1) is 0 Å². The fourth-order valence-electron chi connectivity index (χ4n) is 1.57. The second-order valence-electron chi connectivity index (χ2n) is 3.80. The van der Waals surface area contributed by atoms with E-state index in [0.717, 1.165) is 4.31 Å². The van der Waals surface area contributed by atoms with Gasteiger partial charge in [-0.15, -0.1) is 0 Å². The number of anilines is 1. The second-order valence-corrected chi connectivity index (χ2v) is 5.74. The molecule has 2 rings (SSSR count). The molecule has 0 unspecified atom stereocenters. The number of sulfonamides is 1. The van der Waals surface area contributed by atoms with Crippen LogP contribution in [0.2, 0.25) is 0 Å². The molecule has 0 radical (unpaired) electrons. The molecule has 0 aliphatic carbocycles. The summed E-state index contributed by atoms with van der Waals surface area (Å²) in [6.07, 6.45) is 2.98. The van der Waals surface area contributed by atoms with Crippen LogP contribution in [0.3, 0.4) is 0 Å². The van der Waals surface area contributed by atoms with Crippen LogP contribution < -0.4 is 4.31 Å². The van der Waals surface area contributed by atoms with Gasteiger partial charge in [-0.05, 0) is 19.9 Å². The first kappa shape index (κ1) is 12.6. The van der Waals surface area contributed by atoms with E-state index in [-0.39, 0.29) is 10.8 Å². The highest BCUT2D eigenvalue weighted by atomic mass is 32.2. The molecule has 0 atom stereocenters. The SMILES string of the molecule is Cc1cc(S(=O)(=O)N(C)c2ncccn2)c(C)o1. The summed E-state index contributed by atoms with van der Waals surface area (Å²) in [5.74, 6) is 1.03. The zero-order valence-corrected chi connectivity index (χ0v) is 11.1. The van der Waals surface area contributed by atoms with Crippen molar-refractivity contribution in [1.82, 2.24) is 9.97 Å². The van der Waals surface area contributed by atoms with Crippen LogP contribution in [0.1, 0.15) is 11.5 Å². The van der Waals surface area contributed by atoms with Crippen LogP contribution in [0.25, 0.3) is 0 Å². The van der Waals surface area contributed by atoms with Crippen molar-refractivity contribution in [3.63, 3.8) is 0 Å². The van der Waals surface area contributed by atoms with E-state index >= 15 is 0 Å². The van der Waals surface area contributed by atoms with Crippen molar-refractivity contribution in [3.8, 4) is 0 Å². The minimum absolute atomic E-state index is 0.121. The fourth-order valence-corrected chi connectivity index (χ4v) is 2.90. The quantitative estimate of drug-likeness (QED) is 0.842. The number of aryl methyl sites for hydroxylation is 2. The van der Waals surface area contributed by atoms with Gasteiger partial charge in [-0.1, -0.05) is 0 Å². The molecule has 18 heavy (non-hydrogen) atoms. The van der Waals surface area contributed by atoms with E-state index in [1.165, 1.54) is 25.5 Å². The standard InChI is InChI=1S/C11H13N3O3S/c1-8-7-10(9(2)17-8)18(15,16)14(3)11-12-5-4-6-13-11/h4-7H,1-3H3. The molecule has 0 aliphatic heterocycles. The minimum Gasteiger partial charge on any atom is -0.465 e. The maximum absolute atomic E-state index is 12.4. The average molecular weight is 267 g/mol. The van der Waals surface area contributed by atoms with Gasteiger partial charge in [-0.2, -0.15) is 0 Å². The molecule has 0 saturated heterocycles. The summed E-state index contributed by atoms with van der Waals surface area (Å²) in [6, 6.07) is 3.11. The molecule has 0 bridgehead atoms. The minimum atomic E-state index is -3.69. The molecular formula is C11H13N3O3S. The Morgan fingerprint density at radius 3 is 2.33 bits per heavy atom. The largest absolute Gasteiger partial charge is 0.465 e. The van der Waals surface area contributed by atoms with Crippen LogP contribution >= 0.6 is 0 Å². The summed E-state index contributed by atoms with van der Waals surface area (Å²) in [5.41, 5.74) is 0. The summed E-state index contributed by atoms with van der Waals surface area (Å²) in [6.45, 7) is 3.31. The van der Waals surface area contributed by atoms with Crippen molar-refractivity contribution in [1.29, 1.82) is 0 Å². The molecule has 2 aromatic heterocycles. The molecule has 0 spiro atoms. The monoisotopic (exact) mass is 267 g/mol. The lowest BCUT2D eigenvalue weighted by atomic mass is 10.4. The number of hydrogen-bond acceptors (Lipinski definition) is 5. The molecule has 0 saturated carbocycles. The van der Waals surface area contributed by atoms with Crippen LogP contribution in [0, 0.1) is 13.8 Å². The molecule has 0 fully saturated rings. The Morgan fingerprint density at radius 2 is 1.83 bits per heavy atom. The van der Waals surface area contributed by atoms with Crippen molar-refractivity contribution in [2.45, 2.75) is 18.7 Å². The maximum atomic E-state index is 12.4. The van der Waals surface area contributed by atoms with Crippen molar-refractivity contribution >= 4 is 16.0 Å². The molecule has 0 amide bonds. The molecule has 0 aliphatic rings. The van der Waals surface area contributed by atoms with E-state index in [0.29, 0.717) is 11.5 Å². The van der Waals surface area contributed by atoms with Crippen LogP contribution in [0.15, 0.2) is 33.8 Å². The number of rotatable bonds is 3. The molecular weight excluding hydrogens is 254 g/mol. The Balaban J connectivity index is 2.47. The van der Waals surface area contributed by atoms with Gasteiger partial charge in [0, 0.05) is 25.5 Å². The van der Waals surface area contributed by atoms with Crippen LogP contribution in [0.5, 0.6) is 0 Å². The van der Waals surface area contributed by atoms with Gasteiger partial charge < -0.3 is 4.42 Å². The summed E-state index contributed by atoms with van der Waals surface area (Å²) in [5, 5.41) is 0. The highest BCUT2D eigenvalue weighted by Crippen LogP contribution is 2.24. The first-order chi connectivity index (χ1) is 8.43. The summed E-state index contributed by atoms with van der Waals surface area (Å²) >= 11 is 0. The van der Waals surface area contributed by atoms with Gasteiger partial charge in [-0.3, -0.25) is 0 Å². The number of nitrogens with zero attached hydrogens (tertiary/aromatic N) is 3. The predicted molar refractivity (Wildman–Crippen MR) is 65.8 cm³/mol. The van der Waals surface area contributed by atoms with Gasteiger partial charge in [0.15, 0.2) is 0 Å². The topological polar surface area (TPSA) is 76.3 Å². The normalized spacial score (nSPS) is 11.5. The average Bonchev–Trinajstić information content (AvgIpc) is 2.69. The summed E-state index contributed by atoms with van der Waals surface area (Å²) < 4.78 is 31.0. The third kappa shape index (κ3) is 2.08. The summed E-state index contributed by atoms with van der Waals surface area (Å²) in [4.78, 5) is 7.96. The van der Waals surface area contributed by atoms with E-state index < -0.39 is 10.0 Å². The Kier molecular flexibility index (Phi) is 3.08. The number of furan rings is 1. The van der Waals surface area contributed by atoms with Gasteiger partial charge >= 0.3 is 0 Å². The lowest BCUT2D eigenvalue weighted by molar-refractivity contribution is 0.496. The van der Waals surface area contributed by atoms with Crippen molar-refractivity contribution in [3.05, 3.63) is 36.0 Å². The number of hydrogen-bond donors (Lipinski definition) is 0. The smallest absolute Gasteiger partial charge is 0.269 e. The zero-order chi connectivity index (χ0) is 13.3. The van der Waals surface area contributed by atoms with Crippen LogP contribution in [-0.4, -0.2) is 25.4 Å². The van der Waals surface area contributed by atoms with Crippen molar-refractivity contribution in [2.75, 3.05) is 11.4 Å². The Morgan fingerprint density at radius 1 is 1.22 bits per heavy atom. The van der Waals surface area contributed by atoms with E-state index in [2.05, 4.69) is 9.97 Å². The van der Waals surface area contributed by atoms with E-state index in [4.69, 9.17) is 4.42 Å². The van der Waals surface area contributed by atoms with Crippen molar-refractivity contribution < 1.29 is 12.8 Å². The van der Waals surface area contributed by atoms with Gasteiger partial charge in [0.25, 0.3) is 10.0 Å².